The van der Waals surface area contributed by atoms with E-state index >= 15 is 0 Å². The smallest absolute Gasteiger partial charge is 0.226 e. The summed E-state index contributed by atoms with van der Waals surface area (Å²) < 4.78 is 0. The quantitative estimate of drug-likeness (QED) is 0.802. The molecule has 106 valence electrons. The molecule has 1 unspecified atom stereocenters. The van der Waals surface area contributed by atoms with Crippen molar-refractivity contribution in [3.05, 3.63) is 0 Å². The van der Waals surface area contributed by atoms with Gasteiger partial charge in [-0.05, 0) is 39.3 Å². The molecular formula is C14H29N3O. The van der Waals surface area contributed by atoms with Crippen LogP contribution in [0.2, 0.25) is 0 Å². The Bertz CT molecular complexity index is 258. The molecule has 1 aliphatic heterocycles. The van der Waals surface area contributed by atoms with Crippen molar-refractivity contribution in [1.29, 1.82) is 0 Å². The Kier molecular flexibility index (Phi) is 6.09. The molecule has 1 saturated heterocycles. The number of carbonyl (C=O) groups excluding carboxylic acids is 1. The third-order valence-corrected chi connectivity index (χ3v) is 3.90. The van der Waals surface area contributed by atoms with Crippen molar-refractivity contribution < 1.29 is 4.79 Å². The molecule has 0 radical (unpaired) electrons. The van der Waals surface area contributed by atoms with Gasteiger partial charge in [0, 0.05) is 25.7 Å². The number of piperidine rings is 1. The zero-order chi connectivity index (χ0) is 13.7. The molecule has 2 N–H and O–H groups in total. The van der Waals surface area contributed by atoms with Crippen LogP contribution in [0.25, 0.3) is 0 Å². The summed E-state index contributed by atoms with van der Waals surface area (Å²) in [6.45, 7) is 6.54. The van der Waals surface area contributed by atoms with Crippen LogP contribution in [0.1, 0.15) is 33.1 Å². The van der Waals surface area contributed by atoms with Crippen molar-refractivity contribution in [3.63, 3.8) is 0 Å². The van der Waals surface area contributed by atoms with E-state index in [1.165, 1.54) is 0 Å². The lowest BCUT2D eigenvalue weighted by atomic mass is 9.94. The van der Waals surface area contributed by atoms with Crippen molar-refractivity contribution in [3.8, 4) is 0 Å². The fourth-order valence-electron chi connectivity index (χ4n) is 2.73. The first-order valence-electron chi connectivity index (χ1n) is 7.11. The largest absolute Gasteiger partial charge is 0.342 e. The van der Waals surface area contributed by atoms with Gasteiger partial charge in [-0.2, -0.15) is 0 Å². The lowest BCUT2D eigenvalue weighted by molar-refractivity contribution is -0.137. The van der Waals surface area contributed by atoms with E-state index in [1.807, 2.05) is 4.90 Å². The van der Waals surface area contributed by atoms with E-state index in [2.05, 4.69) is 32.8 Å². The summed E-state index contributed by atoms with van der Waals surface area (Å²) in [5, 5.41) is 0. The average molecular weight is 255 g/mol. The molecule has 0 aromatic rings. The second-order valence-corrected chi connectivity index (χ2v) is 6.08. The number of hydrogen-bond acceptors (Lipinski definition) is 3. The van der Waals surface area contributed by atoms with Crippen LogP contribution in [0.15, 0.2) is 0 Å². The summed E-state index contributed by atoms with van der Waals surface area (Å²) in [6.07, 6.45) is 3.07. The van der Waals surface area contributed by atoms with Gasteiger partial charge in [0.25, 0.3) is 0 Å². The zero-order valence-corrected chi connectivity index (χ0v) is 12.4. The van der Waals surface area contributed by atoms with Crippen LogP contribution in [0.3, 0.4) is 0 Å². The molecule has 0 aliphatic carbocycles. The van der Waals surface area contributed by atoms with Crippen LogP contribution in [-0.2, 0) is 4.79 Å². The van der Waals surface area contributed by atoms with Gasteiger partial charge in [-0.3, -0.25) is 4.79 Å². The number of likely N-dealkylation sites (tertiary alicyclic amines) is 1. The maximum Gasteiger partial charge on any atom is 0.226 e. The van der Waals surface area contributed by atoms with Crippen molar-refractivity contribution >= 4 is 5.91 Å². The number of hydrogen-bond donors (Lipinski definition) is 1. The average Bonchev–Trinajstić information content (AvgIpc) is 2.35. The van der Waals surface area contributed by atoms with E-state index in [1.54, 1.807) is 0 Å². The van der Waals surface area contributed by atoms with Gasteiger partial charge in [0.2, 0.25) is 5.91 Å². The predicted molar refractivity (Wildman–Crippen MR) is 75.3 cm³/mol. The van der Waals surface area contributed by atoms with Crippen LogP contribution in [0.5, 0.6) is 0 Å². The Hall–Kier alpha value is -0.610. The number of nitrogens with two attached hydrogens (primary N) is 1. The van der Waals surface area contributed by atoms with Crippen molar-refractivity contribution in [2.45, 2.75) is 39.2 Å². The minimum absolute atomic E-state index is 0.0147. The van der Waals surface area contributed by atoms with E-state index in [-0.39, 0.29) is 11.8 Å². The Morgan fingerprint density at radius 3 is 2.28 bits per heavy atom. The van der Waals surface area contributed by atoms with Crippen LogP contribution < -0.4 is 5.73 Å². The summed E-state index contributed by atoms with van der Waals surface area (Å²) in [5.41, 5.74) is 5.75. The maximum atomic E-state index is 12.4. The minimum atomic E-state index is 0.0147. The lowest BCUT2D eigenvalue weighted by Crippen LogP contribution is -2.47. The first-order valence-corrected chi connectivity index (χ1v) is 7.11. The monoisotopic (exact) mass is 255 g/mol. The molecule has 1 heterocycles. The molecule has 1 fully saturated rings. The third-order valence-electron chi connectivity index (χ3n) is 3.90. The van der Waals surface area contributed by atoms with Gasteiger partial charge in [0.1, 0.15) is 0 Å². The fraction of sp³-hybridized carbons (Fsp3) is 0.929. The van der Waals surface area contributed by atoms with Crippen LogP contribution in [0.4, 0.5) is 0 Å². The molecule has 18 heavy (non-hydrogen) atoms. The van der Waals surface area contributed by atoms with Gasteiger partial charge in [-0.25, -0.2) is 0 Å². The molecular weight excluding hydrogens is 226 g/mol. The zero-order valence-electron chi connectivity index (χ0n) is 12.4. The number of carbonyl (C=O) groups is 1. The SMILES string of the molecule is CC(C)CC(CN)C(=O)N1CCC(N(C)C)CC1. The maximum absolute atomic E-state index is 12.4. The van der Waals surface area contributed by atoms with E-state index < -0.39 is 0 Å². The summed E-state index contributed by atoms with van der Waals surface area (Å²) in [5.74, 6) is 0.811. The number of rotatable bonds is 5. The molecule has 0 saturated carbocycles. The minimum Gasteiger partial charge on any atom is -0.342 e. The van der Waals surface area contributed by atoms with E-state index in [0.717, 1.165) is 32.4 Å². The van der Waals surface area contributed by atoms with Crippen molar-refractivity contribution in [2.75, 3.05) is 33.7 Å². The van der Waals surface area contributed by atoms with E-state index in [4.69, 9.17) is 5.73 Å². The third kappa shape index (κ3) is 4.25. The van der Waals surface area contributed by atoms with E-state index in [0.29, 0.717) is 18.5 Å². The molecule has 0 aromatic carbocycles. The molecule has 4 heteroatoms. The summed E-state index contributed by atoms with van der Waals surface area (Å²) in [4.78, 5) is 16.6. The van der Waals surface area contributed by atoms with Gasteiger partial charge in [-0.15, -0.1) is 0 Å². The Morgan fingerprint density at radius 1 is 1.33 bits per heavy atom. The van der Waals surface area contributed by atoms with Crippen LogP contribution >= 0.6 is 0 Å². The molecule has 0 bridgehead atoms. The standard InChI is InChI=1S/C14H29N3O/c1-11(2)9-12(10-15)14(18)17-7-5-13(6-8-17)16(3)4/h11-13H,5-10,15H2,1-4H3. The summed E-state index contributed by atoms with van der Waals surface area (Å²) in [7, 11) is 4.23. The molecule has 0 aromatic heterocycles. The summed E-state index contributed by atoms with van der Waals surface area (Å²) in [6, 6.07) is 0.621. The van der Waals surface area contributed by atoms with Crippen molar-refractivity contribution in [1.82, 2.24) is 9.80 Å². The molecule has 1 amide bonds. The molecule has 1 aliphatic rings. The van der Waals surface area contributed by atoms with Gasteiger partial charge in [-0.1, -0.05) is 13.8 Å². The predicted octanol–water partition coefficient (Wildman–Crippen LogP) is 1.16. The number of amides is 1. The second kappa shape index (κ2) is 7.10. The van der Waals surface area contributed by atoms with Crippen molar-refractivity contribution in [2.24, 2.45) is 17.6 Å². The van der Waals surface area contributed by atoms with Gasteiger partial charge >= 0.3 is 0 Å². The Balaban J connectivity index is 2.48. The number of nitrogens with zero attached hydrogens (tertiary/aromatic N) is 2. The first kappa shape index (κ1) is 15.4. The molecule has 0 spiro atoms. The van der Waals surface area contributed by atoms with E-state index in [9.17, 15) is 4.79 Å². The molecule has 1 rings (SSSR count). The molecule has 1 atom stereocenters. The normalized spacial score (nSPS) is 19.6. The van der Waals surface area contributed by atoms with Gasteiger partial charge in [0.15, 0.2) is 0 Å². The van der Waals surface area contributed by atoms with Crippen LogP contribution in [0, 0.1) is 11.8 Å². The first-order chi connectivity index (χ1) is 8.45. The Morgan fingerprint density at radius 2 is 1.89 bits per heavy atom. The van der Waals surface area contributed by atoms with Gasteiger partial charge < -0.3 is 15.5 Å². The lowest BCUT2D eigenvalue weighted by Gasteiger charge is -2.36. The Labute approximate surface area is 111 Å². The van der Waals surface area contributed by atoms with Gasteiger partial charge in [0.05, 0.1) is 5.92 Å². The highest BCUT2D eigenvalue weighted by Gasteiger charge is 2.28. The van der Waals surface area contributed by atoms with Crippen LogP contribution in [-0.4, -0.2) is 55.5 Å². The fourth-order valence-corrected chi connectivity index (χ4v) is 2.73. The molecule has 4 nitrogen and oxygen atoms in total. The summed E-state index contributed by atoms with van der Waals surface area (Å²) >= 11 is 0. The highest BCUT2D eigenvalue weighted by Crippen LogP contribution is 2.19. The highest BCUT2D eigenvalue weighted by atomic mass is 16.2. The second-order valence-electron chi connectivity index (χ2n) is 6.08. The highest BCUT2D eigenvalue weighted by molar-refractivity contribution is 5.79. The topological polar surface area (TPSA) is 49.6 Å².